The highest BCUT2D eigenvalue weighted by molar-refractivity contribution is 5.53. The fraction of sp³-hybridized carbons (Fsp3) is 0.545. The predicted molar refractivity (Wildman–Crippen MR) is 58.4 cm³/mol. The van der Waals surface area contributed by atoms with Gasteiger partial charge in [0.15, 0.2) is 0 Å². The molecular weight excluding hydrogens is 174 g/mol. The maximum atomic E-state index is 5.75. The minimum absolute atomic E-state index is 0.524. The molecule has 1 aliphatic rings. The van der Waals surface area contributed by atoms with Gasteiger partial charge in [0.05, 0.1) is 0 Å². The second kappa shape index (κ2) is 3.96. The first-order chi connectivity index (χ1) is 6.83. The Morgan fingerprint density at radius 2 is 2.50 bits per heavy atom. The maximum absolute atomic E-state index is 5.75. The molecule has 1 atom stereocenters. The first-order valence-electron chi connectivity index (χ1n) is 5.20. The van der Waals surface area contributed by atoms with Crippen molar-refractivity contribution in [2.24, 2.45) is 5.73 Å². The zero-order chi connectivity index (χ0) is 9.97. The lowest BCUT2D eigenvalue weighted by Gasteiger charge is -2.26. The summed E-state index contributed by atoms with van der Waals surface area (Å²) in [5.41, 5.74) is 8.30. The average Bonchev–Trinajstić information content (AvgIpc) is 2.66. The molecule has 1 aromatic rings. The Kier molecular flexibility index (Phi) is 2.68. The highest BCUT2D eigenvalue weighted by Gasteiger charge is 2.23. The van der Waals surface area contributed by atoms with Crippen LogP contribution in [0.3, 0.4) is 0 Å². The van der Waals surface area contributed by atoms with Crippen LogP contribution in [-0.4, -0.2) is 24.1 Å². The molecule has 76 valence electrons. The van der Waals surface area contributed by atoms with Crippen LogP contribution in [0.25, 0.3) is 0 Å². The normalized spacial score (nSPS) is 21.6. The zero-order valence-electron chi connectivity index (χ0n) is 8.61. The predicted octanol–water partition coefficient (Wildman–Crippen LogP) is 1.32. The Hall–Kier alpha value is -1.09. The van der Waals surface area contributed by atoms with E-state index >= 15 is 0 Å². The van der Waals surface area contributed by atoms with Crippen molar-refractivity contribution in [3.8, 4) is 0 Å². The number of anilines is 1. The van der Waals surface area contributed by atoms with Gasteiger partial charge in [-0.15, -0.1) is 0 Å². The summed E-state index contributed by atoms with van der Waals surface area (Å²) in [5.74, 6) is 0. The number of hydrogen-bond donors (Lipinski definition) is 1. The maximum Gasteiger partial charge on any atom is 0.0429 e. The highest BCUT2D eigenvalue weighted by Crippen LogP contribution is 2.26. The van der Waals surface area contributed by atoms with Crippen molar-refractivity contribution in [1.29, 1.82) is 0 Å². The fourth-order valence-corrected chi connectivity index (χ4v) is 2.19. The molecule has 14 heavy (non-hydrogen) atoms. The molecule has 1 saturated heterocycles. The van der Waals surface area contributed by atoms with E-state index in [0.717, 1.165) is 13.1 Å². The zero-order valence-corrected chi connectivity index (χ0v) is 8.61. The highest BCUT2D eigenvalue weighted by atomic mass is 15.2. The molecule has 0 spiro atoms. The molecule has 0 aliphatic carbocycles. The molecule has 1 unspecified atom stereocenters. The van der Waals surface area contributed by atoms with E-state index in [-0.39, 0.29) is 0 Å². The molecule has 3 nitrogen and oxygen atoms in total. The van der Waals surface area contributed by atoms with Crippen LogP contribution in [0.15, 0.2) is 18.5 Å². The molecule has 3 heteroatoms. The lowest BCUT2D eigenvalue weighted by molar-refractivity contribution is 0.676. The summed E-state index contributed by atoms with van der Waals surface area (Å²) in [4.78, 5) is 6.52. The Labute approximate surface area is 84.9 Å². The molecule has 2 rings (SSSR count). The van der Waals surface area contributed by atoms with Crippen LogP contribution >= 0.6 is 0 Å². The molecular formula is C11H17N3. The van der Waals surface area contributed by atoms with Gasteiger partial charge >= 0.3 is 0 Å². The van der Waals surface area contributed by atoms with Crippen molar-refractivity contribution in [3.05, 3.63) is 24.0 Å². The van der Waals surface area contributed by atoms with Gasteiger partial charge in [0, 0.05) is 37.2 Å². The number of aromatic nitrogens is 1. The molecule has 2 N–H and O–H groups in total. The molecule has 2 heterocycles. The molecule has 1 fully saturated rings. The lowest BCUT2D eigenvalue weighted by Crippen LogP contribution is -2.35. The van der Waals surface area contributed by atoms with Crippen molar-refractivity contribution in [3.63, 3.8) is 0 Å². The molecule has 1 aliphatic heterocycles. The summed E-state index contributed by atoms with van der Waals surface area (Å²) in [6.07, 6.45) is 6.25. The first-order valence-corrected chi connectivity index (χ1v) is 5.20. The average molecular weight is 191 g/mol. The molecule has 0 amide bonds. The number of pyridine rings is 1. The van der Waals surface area contributed by atoms with Gasteiger partial charge in [-0.3, -0.25) is 4.98 Å². The second-order valence-corrected chi connectivity index (χ2v) is 3.89. The van der Waals surface area contributed by atoms with Crippen LogP contribution in [0.2, 0.25) is 0 Å². The molecule has 1 aromatic heterocycles. The third-order valence-corrected chi connectivity index (χ3v) is 2.95. The molecule has 0 radical (unpaired) electrons. The number of rotatable bonds is 2. The summed E-state index contributed by atoms with van der Waals surface area (Å²) in [6, 6.07) is 2.61. The van der Waals surface area contributed by atoms with Crippen LogP contribution in [0.1, 0.15) is 18.4 Å². The van der Waals surface area contributed by atoms with Crippen LogP contribution < -0.4 is 10.6 Å². The standard InChI is InChI=1S/C11H17N3/c1-9-8-13-5-4-11(9)14-6-2-3-10(14)7-12/h4-5,8,10H,2-3,6-7,12H2,1H3. The van der Waals surface area contributed by atoms with Gasteiger partial charge < -0.3 is 10.6 Å². The smallest absolute Gasteiger partial charge is 0.0429 e. The van der Waals surface area contributed by atoms with E-state index in [2.05, 4.69) is 22.9 Å². The Morgan fingerprint density at radius 1 is 1.64 bits per heavy atom. The summed E-state index contributed by atoms with van der Waals surface area (Å²) in [7, 11) is 0. The first kappa shape index (κ1) is 9.46. The van der Waals surface area contributed by atoms with E-state index in [0.29, 0.717) is 6.04 Å². The Morgan fingerprint density at radius 3 is 3.21 bits per heavy atom. The van der Waals surface area contributed by atoms with Gasteiger partial charge in [0.25, 0.3) is 0 Å². The third kappa shape index (κ3) is 1.60. The summed E-state index contributed by atoms with van der Waals surface area (Å²) >= 11 is 0. The van der Waals surface area contributed by atoms with Crippen LogP contribution in [0.4, 0.5) is 5.69 Å². The van der Waals surface area contributed by atoms with Gasteiger partial charge in [0.1, 0.15) is 0 Å². The SMILES string of the molecule is Cc1cnccc1N1CCCC1CN. The van der Waals surface area contributed by atoms with Crippen molar-refractivity contribution < 1.29 is 0 Å². The topological polar surface area (TPSA) is 42.2 Å². The molecule has 0 aromatic carbocycles. The van der Waals surface area contributed by atoms with Crippen molar-refractivity contribution in [2.75, 3.05) is 18.0 Å². The molecule has 0 bridgehead atoms. The molecule has 0 saturated carbocycles. The number of nitrogens with two attached hydrogens (primary N) is 1. The van der Waals surface area contributed by atoms with Crippen LogP contribution in [0.5, 0.6) is 0 Å². The van der Waals surface area contributed by atoms with Crippen molar-refractivity contribution in [1.82, 2.24) is 4.98 Å². The Balaban J connectivity index is 2.26. The Bertz CT molecular complexity index is 311. The minimum atomic E-state index is 0.524. The number of nitrogens with zero attached hydrogens (tertiary/aromatic N) is 2. The quantitative estimate of drug-likeness (QED) is 0.766. The van der Waals surface area contributed by atoms with Crippen molar-refractivity contribution in [2.45, 2.75) is 25.8 Å². The minimum Gasteiger partial charge on any atom is -0.367 e. The summed E-state index contributed by atoms with van der Waals surface area (Å²) in [6.45, 7) is 3.99. The fourth-order valence-electron chi connectivity index (χ4n) is 2.19. The lowest BCUT2D eigenvalue weighted by atomic mass is 10.2. The van der Waals surface area contributed by atoms with Gasteiger partial charge in [0.2, 0.25) is 0 Å². The second-order valence-electron chi connectivity index (χ2n) is 3.89. The van der Waals surface area contributed by atoms with E-state index in [1.165, 1.54) is 24.1 Å². The van der Waals surface area contributed by atoms with E-state index < -0.39 is 0 Å². The summed E-state index contributed by atoms with van der Waals surface area (Å²) < 4.78 is 0. The van der Waals surface area contributed by atoms with E-state index in [4.69, 9.17) is 5.73 Å². The van der Waals surface area contributed by atoms with E-state index in [9.17, 15) is 0 Å². The largest absolute Gasteiger partial charge is 0.367 e. The van der Waals surface area contributed by atoms with E-state index in [1.54, 1.807) is 0 Å². The number of aryl methyl sites for hydroxylation is 1. The third-order valence-electron chi connectivity index (χ3n) is 2.95. The van der Waals surface area contributed by atoms with Crippen molar-refractivity contribution >= 4 is 5.69 Å². The van der Waals surface area contributed by atoms with Gasteiger partial charge in [-0.25, -0.2) is 0 Å². The monoisotopic (exact) mass is 191 g/mol. The van der Waals surface area contributed by atoms with Crippen LogP contribution in [0, 0.1) is 6.92 Å². The number of hydrogen-bond acceptors (Lipinski definition) is 3. The van der Waals surface area contributed by atoms with Crippen LogP contribution in [-0.2, 0) is 0 Å². The van der Waals surface area contributed by atoms with Gasteiger partial charge in [-0.1, -0.05) is 0 Å². The van der Waals surface area contributed by atoms with Gasteiger partial charge in [-0.05, 0) is 31.4 Å². The van der Waals surface area contributed by atoms with E-state index in [1.807, 2.05) is 12.4 Å². The van der Waals surface area contributed by atoms with Gasteiger partial charge in [-0.2, -0.15) is 0 Å². The summed E-state index contributed by atoms with van der Waals surface area (Å²) in [5, 5.41) is 0.